The Balaban J connectivity index is 1.39. The number of sulfonamides is 1. The van der Waals surface area contributed by atoms with Crippen LogP contribution in [-0.4, -0.2) is 49.7 Å². The van der Waals surface area contributed by atoms with Crippen molar-refractivity contribution in [3.05, 3.63) is 51.9 Å². The Labute approximate surface area is 172 Å². The highest BCUT2D eigenvalue weighted by molar-refractivity contribution is 7.91. The van der Waals surface area contributed by atoms with Crippen molar-refractivity contribution in [2.75, 3.05) is 31.5 Å². The quantitative estimate of drug-likeness (QED) is 0.370. The number of nitro groups is 1. The summed E-state index contributed by atoms with van der Waals surface area (Å²) in [6, 6.07) is 9.37. The van der Waals surface area contributed by atoms with E-state index in [0.29, 0.717) is 43.2 Å². The number of benzene rings is 1. The Kier molecular flexibility index (Phi) is 6.83. The molecule has 0 bridgehead atoms. The van der Waals surface area contributed by atoms with Crippen LogP contribution in [0.2, 0.25) is 0 Å². The number of rotatable bonds is 8. The van der Waals surface area contributed by atoms with Gasteiger partial charge in [-0.3, -0.25) is 14.9 Å². The van der Waals surface area contributed by atoms with Gasteiger partial charge in [0.05, 0.1) is 4.92 Å². The number of nitrogens with zero attached hydrogens (tertiary/aromatic N) is 2. The van der Waals surface area contributed by atoms with Gasteiger partial charge in [0.1, 0.15) is 4.21 Å². The van der Waals surface area contributed by atoms with Gasteiger partial charge in [-0.25, -0.2) is 8.42 Å². The van der Waals surface area contributed by atoms with E-state index in [4.69, 9.17) is 0 Å². The van der Waals surface area contributed by atoms with Crippen LogP contribution in [0.15, 0.2) is 46.0 Å². The fraction of sp³-hybridized carbons (Fsp3) is 0.389. The molecule has 0 saturated carbocycles. The Hall–Kier alpha value is -2.50. The van der Waals surface area contributed by atoms with Crippen molar-refractivity contribution in [3.8, 4) is 0 Å². The van der Waals surface area contributed by atoms with Crippen molar-refractivity contribution in [3.63, 3.8) is 0 Å². The first-order valence-corrected chi connectivity index (χ1v) is 11.5. The number of carbonyl (C=O) groups excluding carboxylic acids is 1. The number of hydrogen-bond donors (Lipinski definition) is 2. The van der Waals surface area contributed by atoms with E-state index in [2.05, 4.69) is 10.6 Å². The molecule has 1 fully saturated rings. The number of nitrogens with one attached hydrogen (secondary N) is 2. The second-order valence-electron chi connectivity index (χ2n) is 6.63. The van der Waals surface area contributed by atoms with Crippen molar-refractivity contribution in [2.24, 2.45) is 5.92 Å². The predicted octanol–water partition coefficient (Wildman–Crippen LogP) is 2.29. The number of thiophene rings is 1. The third-order valence-electron chi connectivity index (χ3n) is 4.75. The van der Waals surface area contributed by atoms with Crippen molar-refractivity contribution in [2.45, 2.75) is 17.1 Å². The Morgan fingerprint density at radius 2 is 1.86 bits per heavy atom. The maximum atomic E-state index is 12.5. The highest BCUT2D eigenvalue weighted by Crippen LogP contribution is 2.26. The first-order chi connectivity index (χ1) is 13.9. The number of piperidine rings is 1. The molecule has 1 saturated heterocycles. The van der Waals surface area contributed by atoms with Gasteiger partial charge in [-0.05, 0) is 36.4 Å². The van der Waals surface area contributed by atoms with Crippen molar-refractivity contribution in [1.82, 2.24) is 9.62 Å². The molecular formula is C18H22N4O5S2. The third-order valence-corrected chi connectivity index (χ3v) is 8.02. The zero-order chi connectivity index (χ0) is 20.9. The summed E-state index contributed by atoms with van der Waals surface area (Å²) in [5.41, 5.74) is 0.758. The predicted molar refractivity (Wildman–Crippen MR) is 110 cm³/mol. The minimum atomic E-state index is -3.46. The second kappa shape index (κ2) is 9.33. The molecule has 2 aromatic rings. The Bertz CT molecular complexity index is 937. The van der Waals surface area contributed by atoms with E-state index in [9.17, 15) is 23.3 Å². The normalized spacial score (nSPS) is 15.7. The number of nitro benzene ring substituents is 1. The number of anilines is 1. The summed E-state index contributed by atoms with van der Waals surface area (Å²) in [6.07, 6.45) is 0.985. The standard InChI is InChI=1S/C18H22N4O5S2/c23-18(20-10-9-19-15-3-5-16(6-4-15)22(24)25)14-7-11-21(12-8-14)29(26,27)17-2-1-13-28-17/h1-6,13-14,19H,7-12H2,(H,20,23). The van der Waals surface area contributed by atoms with Crippen molar-refractivity contribution < 1.29 is 18.1 Å². The average molecular weight is 439 g/mol. The lowest BCUT2D eigenvalue weighted by Gasteiger charge is -2.30. The Morgan fingerprint density at radius 1 is 1.17 bits per heavy atom. The van der Waals surface area contributed by atoms with E-state index in [0.717, 1.165) is 5.69 Å². The molecule has 0 radical (unpaired) electrons. The molecule has 1 aromatic carbocycles. The largest absolute Gasteiger partial charge is 0.383 e. The van der Waals surface area contributed by atoms with E-state index in [-0.39, 0.29) is 17.5 Å². The van der Waals surface area contributed by atoms with Crippen molar-refractivity contribution >= 4 is 38.6 Å². The van der Waals surface area contributed by atoms with Crippen LogP contribution < -0.4 is 10.6 Å². The maximum Gasteiger partial charge on any atom is 0.269 e. The van der Waals surface area contributed by atoms with E-state index in [1.54, 1.807) is 29.6 Å². The van der Waals surface area contributed by atoms with Gasteiger partial charge in [-0.15, -0.1) is 11.3 Å². The molecule has 9 nitrogen and oxygen atoms in total. The highest BCUT2D eigenvalue weighted by atomic mass is 32.2. The van der Waals surface area contributed by atoms with Gasteiger partial charge in [0.15, 0.2) is 0 Å². The molecule has 0 spiro atoms. The first kappa shape index (κ1) is 21.2. The third kappa shape index (κ3) is 5.31. The molecule has 0 unspecified atom stereocenters. The molecule has 29 heavy (non-hydrogen) atoms. The van der Waals surface area contributed by atoms with E-state index < -0.39 is 14.9 Å². The SMILES string of the molecule is O=C(NCCNc1ccc([N+](=O)[O-])cc1)C1CCN(S(=O)(=O)c2cccs2)CC1. The highest BCUT2D eigenvalue weighted by Gasteiger charge is 2.32. The van der Waals surface area contributed by atoms with Gasteiger partial charge in [0, 0.05) is 49.9 Å². The molecule has 1 aromatic heterocycles. The van der Waals surface area contributed by atoms with Crippen LogP contribution in [0.5, 0.6) is 0 Å². The monoisotopic (exact) mass is 438 g/mol. The minimum Gasteiger partial charge on any atom is -0.383 e. The molecule has 11 heteroatoms. The lowest BCUT2D eigenvalue weighted by molar-refractivity contribution is -0.384. The van der Waals surface area contributed by atoms with Gasteiger partial charge in [-0.1, -0.05) is 6.07 Å². The number of carbonyl (C=O) groups is 1. The number of hydrogen-bond acceptors (Lipinski definition) is 7. The van der Waals surface area contributed by atoms with Crippen LogP contribution in [0.25, 0.3) is 0 Å². The van der Waals surface area contributed by atoms with Crippen LogP contribution in [0.1, 0.15) is 12.8 Å². The molecule has 3 rings (SSSR count). The summed E-state index contributed by atoms with van der Waals surface area (Å²) >= 11 is 1.20. The van der Waals surface area contributed by atoms with Gasteiger partial charge in [0.2, 0.25) is 5.91 Å². The summed E-state index contributed by atoms with van der Waals surface area (Å²) in [4.78, 5) is 22.5. The van der Waals surface area contributed by atoms with Gasteiger partial charge in [-0.2, -0.15) is 4.31 Å². The lowest BCUT2D eigenvalue weighted by Crippen LogP contribution is -2.43. The summed E-state index contributed by atoms with van der Waals surface area (Å²) in [7, 11) is -3.46. The second-order valence-corrected chi connectivity index (χ2v) is 9.74. The van der Waals surface area contributed by atoms with Gasteiger partial charge in [0.25, 0.3) is 15.7 Å². The smallest absolute Gasteiger partial charge is 0.269 e. The molecule has 2 heterocycles. The minimum absolute atomic E-state index is 0.0243. The molecule has 0 atom stereocenters. The van der Waals surface area contributed by atoms with E-state index in [1.165, 1.54) is 27.8 Å². The van der Waals surface area contributed by atoms with E-state index >= 15 is 0 Å². The molecule has 1 amide bonds. The topological polar surface area (TPSA) is 122 Å². The van der Waals surface area contributed by atoms with Gasteiger partial charge >= 0.3 is 0 Å². The maximum absolute atomic E-state index is 12.5. The van der Waals surface area contributed by atoms with E-state index in [1.807, 2.05) is 0 Å². The molecule has 2 N–H and O–H groups in total. The van der Waals surface area contributed by atoms with Crippen molar-refractivity contribution in [1.29, 1.82) is 0 Å². The molecular weight excluding hydrogens is 416 g/mol. The summed E-state index contributed by atoms with van der Waals surface area (Å²) < 4.78 is 26.8. The van der Waals surface area contributed by atoms with Crippen LogP contribution in [-0.2, 0) is 14.8 Å². The van der Waals surface area contributed by atoms with Crippen LogP contribution >= 0.6 is 11.3 Å². The van der Waals surface area contributed by atoms with Crippen LogP contribution in [0.4, 0.5) is 11.4 Å². The molecule has 156 valence electrons. The zero-order valence-corrected chi connectivity index (χ0v) is 17.2. The number of non-ortho nitro benzene ring substituents is 1. The van der Waals surface area contributed by atoms with Gasteiger partial charge < -0.3 is 10.6 Å². The zero-order valence-electron chi connectivity index (χ0n) is 15.6. The fourth-order valence-corrected chi connectivity index (χ4v) is 5.75. The fourth-order valence-electron chi connectivity index (χ4n) is 3.13. The summed E-state index contributed by atoms with van der Waals surface area (Å²) in [5.74, 6) is -0.284. The summed E-state index contributed by atoms with van der Waals surface area (Å²) in [6.45, 7) is 1.55. The lowest BCUT2D eigenvalue weighted by atomic mass is 9.97. The average Bonchev–Trinajstić information content (AvgIpc) is 3.27. The summed E-state index contributed by atoms with van der Waals surface area (Å²) in [5, 5.41) is 18.3. The van der Waals surface area contributed by atoms with Crippen LogP contribution in [0, 0.1) is 16.0 Å². The van der Waals surface area contributed by atoms with Crippen LogP contribution in [0.3, 0.4) is 0 Å². The number of amides is 1. The molecule has 0 aliphatic carbocycles. The first-order valence-electron chi connectivity index (χ1n) is 9.17. The molecule has 1 aliphatic heterocycles. The Morgan fingerprint density at radius 3 is 2.45 bits per heavy atom. The molecule has 1 aliphatic rings.